The van der Waals surface area contributed by atoms with Crippen molar-refractivity contribution in [1.29, 1.82) is 0 Å². The van der Waals surface area contributed by atoms with Crippen molar-refractivity contribution in [3.8, 4) is 0 Å². The standard InChI is InChI=1S/C13H20N4/c14-12-10-4-2-1-3-5-11(10)16-13(17-12)9-6-7-15-8-9/h9,15H,1-8H2,(H2,14,16,17). The third-order valence-electron chi connectivity index (χ3n) is 3.91. The Morgan fingerprint density at radius 1 is 1.12 bits per heavy atom. The fourth-order valence-corrected chi connectivity index (χ4v) is 2.88. The van der Waals surface area contributed by atoms with Gasteiger partial charge in [0.2, 0.25) is 0 Å². The third-order valence-corrected chi connectivity index (χ3v) is 3.91. The molecule has 92 valence electrons. The Morgan fingerprint density at radius 2 is 2.00 bits per heavy atom. The number of aryl methyl sites for hydroxylation is 1. The molecule has 2 heterocycles. The van der Waals surface area contributed by atoms with Crippen LogP contribution in [-0.4, -0.2) is 23.1 Å². The van der Waals surface area contributed by atoms with Gasteiger partial charge in [0.1, 0.15) is 11.6 Å². The van der Waals surface area contributed by atoms with E-state index in [0.717, 1.165) is 44.0 Å². The van der Waals surface area contributed by atoms with E-state index in [-0.39, 0.29) is 0 Å². The van der Waals surface area contributed by atoms with Crippen LogP contribution in [0.15, 0.2) is 0 Å². The molecule has 17 heavy (non-hydrogen) atoms. The Kier molecular flexibility index (Phi) is 2.97. The minimum absolute atomic E-state index is 0.464. The number of nitrogens with one attached hydrogen (secondary N) is 1. The first kappa shape index (κ1) is 11.0. The van der Waals surface area contributed by atoms with Crippen molar-refractivity contribution < 1.29 is 0 Å². The molecule has 1 aromatic heterocycles. The van der Waals surface area contributed by atoms with Gasteiger partial charge in [-0.3, -0.25) is 0 Å². The summed E-state index contributed by atoms with van der Waals surface area (Å²) in [5.41, 5.74) is 8.55. The zero-order chi connectivity index (χ0) is 11.7. The van der Waals surface area contributed by atoms with Gasteiger partial charge in [0.15, 0.2) is 0 Å². The van der Waals surface area contributed by atoms with Crippen molar-refractivity contribution in [2.45, 2.75) is 44.4 Å². The van der Waals surface area contributed by atoms with Crippen LogP contribution in [0.3, 0.4) is 0 Å². The molecule has 0 aromatic carbocycles. The second kappa shape index (κ2) is 4.61. The zero-order valence-corrected chi connectivity index (χ0v) is 10.2. The minimum Gasteiger partial charge on any atom is -0.383 e. The van der Waals surface area contributed by atoms with Crippen LogP contribution in [0.25, 0.3) is 0 Å². The number of rotatable bonds is 1. The Bertz CT molecular complexity index is 410. The van der Waals surface area contributed by atoms with Crippen molar-refractivity contribution in [2.24, 2.45) is 0 Å². The normalized spacial score (nSPS) is 24.4. The van der Waals surface area contributed by atoms with Crippen LogP contribution in [0.5, 0.6) is 0 Å². The van der Waals surface area contributed by atoms with Crippen LogP contribution in [0.1, 0.15) is 48.7 Å². The SMILES string of the molecule is Nc1nc(C2CCNC2)nc2c1CCCCC2. The van der Waals surface area contributed by atoms with Crippen LogP contribution < -0.4 is 11.1 Å². The van der Waals surface area contributed by atoms with E-state index in [4.69, 9.17) is 10.7 Å². The Labute approximate surface area is 102 Å². The van der Waals surface area contributed by atoms with Gasteiger partial charge in [0.05, 0.1) is 0 Å². The van der Waals surface area contributed by atoms with E-state index in [1.807, 2.05) is 0 Å². The first-order chi connectivity index (χ1) is 8.34. The van der Waals surface area contributed by atoms with Gasteiger partial charge in [-0.1, -0.05) is 6.42 Å². The second-order valence-corrected chi connectivity index (χ2v) is 5.14. The molecule has 4 nitrogen and oxygen atoms in total. The lowest BCUT2D eigenvalue weighted by Gasteiger charge is -2.13. The quantitative estimate of drug-likeness (QED) is 0.718. The summed E-state index contributed by atoms with van der Waals surface area (Å²) in [6.45, 7) is 2.07. The Hall–Kier alpha value is -1.16. The average Bonchev–Trinajstić information content (AvgIpc) is 2.75. The molecule has 1 saturated heterocycles. The molecule has 1 aromatic rings. The fourth-order valence-electron chi connectivity index (χ4n) is 2.88. The first-order valence-corrected chi connectivity index (χ1v) is 6.70. The fraction of sp³-hybridized carbons (Fsp3) is 0.692. The summed E-state index contributed by atoms with van der Waals surface area (Å²) in [6, 6.07) is 0. The molecule has 1 aliphatic carbocycles. The number of nitrogen functional groups attached to an aromatic ring is 1. The third kappa shape index (κ3) is 2.14. The summed E-state index contributed by atoms with van der Waals surface area (Å²) in [7, 11) is 0. The van der Waals surface area contributed by atoms with Gasteiger partial charge in [-0.05, 0) is 38.6 Å². The maximum absolute atomic E-state index is 6.11. The van der Waals surface area contributed by atoms with Crippen LogP contribution in [0, 0.1) is 0 Å². The smallest absolute Gasteiger partial charge is 0.135 e. The van der Waals surface area contributed by atoms with Crippen molar-refractivity contribution in [3.05, 3.63) is 17.1 Å². The molecule has 1 unspecified atom stereocenters. The largest absolute Gasteiger partial charge is 0.383 e. The van der Waals surface area contributed by atoms with Crippen LogP contribution in [-0.2, 0) is 12.8 Å². The lowest BCUT2D eigenvalue weighted by atomic mass is 10.1. The highest BCUT2D eigenvalue weighted by Crippen LogP contribution is 2.26. The molecule has 0 spiro atoms. The molecule has 2 aliphatic rings. The van der Waals surface area contributed by atoms with Gasteiger partial charge in [-0.25, -0.2) is 9.97 Å². The Balaban J connectivity index is 1.96. The topological polar surface area (TPSA) is 63.8 Å². The summed E-state index contributed by atoms with van der Waals surface area (Å²) in [5.74, 6) is 2.16. The van der Waals surface area contributed by atoms with Gasteiger partial charge in [0, 0.05) is 23.7 Å². The second-order valence-electron chi connectivity index (χ2n) is 5.14. The number of nitrogens with two attached hydrogens (primary N) is 1. The van der Waals surface area contributed by atoms with E-state index in [1.54, 1.807) is 0 Å². The summed E-state index contributed by atoms with van der Waals surface area (Å²) < 4.78 is 0. The van der Waals surface area contributed by atoms with E-state index in [0.29, 0.717) is 5.92 Å². The van der Waals surface area contributed by atoms with E-state index in [9.17, 15) is 0 Å². The van der Waals surface area contributed by atoms with Gasteiger partial charge in [-0.15, -0.1) is 0 Å². The molecule has 0 saturated carbocycles. The van der Waals surface area contributed by atoms with Gasteiger partial charge < -0.3 is 11.1 Å². The van der Waals surface area contributed by atoms with E-state index in [1.165, 1.54) is 30.5 Å². The average molecular weight is 232 g/mol. The number of nitrogens with zero attached hydrogens (tertiary/aromatic N) is 2. The number of hydrogen-bond acceptors (Lipinski definition) is 4. The molecule has 1 atom stereocenters. The molecule has 0 bridgehead atoms. The summed E-state index contributed by atoms with van der Waals surface area (Å²) in [6.07, 6.45) is 7.03. The van der Waals surface area contributed by atoms with Crippen molar-refractivity contribution in [2.75, 3.05) is 18.8 Å². The predicted molar refractivity (Wildman–Crippen MR) is 67.9 cm³/mol. The van der Waals surface area contributed by atoms with Gasteiger partial charge in [-0.2, -0.15) is 0 Å². The highest BCUT2D eigenvalue weighted by molar-refractivity contribution is 5.43. The lowest BCUT2D eigenvalue weighted by Crippen LogP contribution is -2.14. The van der Waals surface area contributed by atoms with Crippen LogP contribution in [0.4, 0.5) is 5.82 Å². The van der Waals surface area contributed by atoms with Crippen molar-refractivity contribution in [1.82, 2.24) is 15.3 Å². The maximum atomic E-state index is 6.11. The molecule has 1 fully saturated rings. The molecule has 3 rings (SSSR count). The molecule has 0 amide bonds. The van der Waals surface area contributed by atoms with Crippen molar-refractivity contribution >= 4 is 5.82 Å². The first-order valence-electron chi connectivity index (χ1n) is 6.70. The highest BCUT2D eigenvalue weighted by Gasteiger charge is 2.22. The van der Waals surface area contributed by atoms with E-state index in [2.05, 4.69) is 10.3 Å². The molecule has 4 heteroatoms. The summed E-state index contributed by atoms with van der Waals surface area (Å²) >= 11 is 0. The number of aromatic nitrogens is 2. The maximum Gasteiger partial charge on any atom is 0.135 e. The van der Waals surface area contributed by atoms with Gasteiger partial charge in [0.25, 0.3) is 0 Å². The summed E-state index contributed by atoms with van der Waals surface area (Å²) in [4.78, 5) is 9.32. The van der Waals surface area contributed by atoms with E-state index < -0.39 is 0 Å². The highest BCUT2D eigenvalue weighted by atomic mass is 15.0. The monoisotopic (exact) mass is 232 g/mol. The molecule has 0 radical (unpaired) electrons. The molecular weight excluding hydrogens is 212 g/mol. The van der Waals surface area contributed by atoms with Crippen molar-refractivity contribution in [3.63, 3.8) is 0 Å². The lowest BCUT2D eigenvalue weighted by molar-refractivity contribution is 0.685. The predicted octanol–water partition coefficient (Wildman–Crippen LogP) is 1.40. The Morgan fingerprint density at radius 3 is 2.82 bits per heavy atom. The number of hydrogen-bond donors (Lipinski definition) is 2. The molecule has 3 N–H and O–H groups in total. The molecular formula is C13H20N4. The summed E-state index contributed by atoms with van der Waals surface area (Å²) in [5, 5.41) is 3.36. The zero-order valence-electron chi connectivity index (χ0n) is 10.2. The minimum atomic E-state index is 0.464. The van der Waals surface area contributed by atoms with E-state index >= 15 is 0 Å². The van der Waals surface area contributed by atoms with Crippen LogP contribution in [0.2, 0.25) is 0 Å². The van der Waals surface area contributed by atoms with Gasteiger partial charge >= 0.3 is 0 Å². The van der Waals surface area contributed by atoms with Crippen LogP contribution >= 0.6 is 0 Å². The molecule has 1 aliphatic heterocycles. The number of fused-ring (bicyclic) bond motifs is 1. The number of anilines is 1.